The molecule has 0 saturated heterocycles. The molecule has 0 unspecified atom stereocenters. The molecule has 1 aromatic rings. The third kappa shape index (κ3) is 2.97. The van der Waals surface area contributed by atoms with Crippen LogP contribution in [0.1, 0.15) is 31.2 Å². The van der Waals surface area contributed by atoms with Crippen molar-refractivity contribution in [3.63, 3.8) is 0 Å². The van der Waals surface area contributed by atoms with E-state index in [0.29, 0.717) is 5.41 Å². The van der Waals surface area contributed by atoms with E-state index < -0.39 is 0 Å². The van der Waals surface area contributed by atoms with Crippen LogP contribution in [0.4, 0.5) is 0 Å². The molecule has 17 heavy (non-hydrogen) atoms. The molecular formula is C14H18BrClO. The van der Waals surface area contributed by atoms with E-state index in [-0.39, 0.29) is 0 Å². The summed E-state index contributed by atoms with van der Waals surface area (Å²) in [5, 5.41) is 0. The van der Waals surface area contributed by atoms with Gasteiger partial charge in [0.1, 0.15) is 5.75 Å². The fourth-order valence-corrected chi connectivity index (χ4v) is 3.69. The highest BCUT2D eigenvalue weighted by Gasteiger charge is 2.33. The summed E-state index contributed by atoms with van der Waals surface area (Å²) in [4.78, 5) is 0. The molecule has 0 amide bonds. The molecule has 1 aliphatic rings. The number of halogens is 2. The Bertz CT molecular complexity index is 386. The molecule has 3 heteroatoms. The summed E-state index contributed by atoms with van der Waals surface area (Å²) >= 11 is 9.71. The summed E-state index contributed by atoms with van der Waals surface area (Å²) in [6.45, 7) is 0. The van der Waals surface area contributed by atoms with Gasteiger partial charge in [0, 0.05) is 5.88 Å². The van der Waals surface area contributed by atoms with E-state index in [0.717, 1.165) is 22.5 Å². The lowest BCUT2D eigenvalue weighted by Gasteiger charge is -2.26. The number of benzene rings is 1. The highest BCUT2D eigenvalue weighted by molar-refractivity contribution is 9.10. The van der Waals surface area contributed by atoms with Crippen molar-refractivity contribution in [2.24, 2.45) is 5.41 Å². The van der Waals surface area contributed by atoms with Gasteiger partial charge in [0.25, 0.3) is 0 Å². The average Bonchev–Trinajstić information content (AvgIpc) is 2.79. The van der Waals surface area contributed by atoms with Gasteiger partial charge in [-0.25, -0.2) is 0 Å². The lowest BCUT2D eigenvalue weighted by atomic mass is 9.82. The fourth-order valence-electron chi connectivity index (χ4n) is 2.74. The van der Waals surface area contributed by atoms with Gasteiger partial charge >= 0.3 is 0 Å². The van der Waals surface area contributed by atoms with Gasteiger partial charge in [-0.15, -0.1) is 11.6 Å². The Kier molecular flexibility index (Phi) is 4.37. The van der Waals surface area contributed by atoms with Gasteiger partial charge in [-0.1, -0.05) is 18.9 Å². The molecular weight excluding hydrogens is 300 g/mol. The fraction of sp³-hybridized carbons (Fsp3) is 0.571. The first-order valence-corrected chi connectivity index (χ1v) is 7.40. The maximum atomic E-state index is 6.18. The zero-order chi connectivity index (χ0) is 12.3. The molecule has 0 radical (unpaired) electrons. The van der Waals surface area contributed by atoms with Crippen LogP contribution < -0.4 is 4.74 Å². The third-order valence-corrected chi connectivity index (χ3v) is 4.93. The summed E-state index contributed by atoms with van der Waals surface area (Å²) in [6.07, 6.45) is 6.26. The highest BCUT2D eigenvalue weighted by atomic mass is 79.9. The SMILES string of the molecule is COc1ccc(CC2(CCl)CCCC2)cc1Br. The second kappa shape index (κ2) is 5.62. The summed E-state index contributed by atoms with van der Waals surface area (Å²) in [6, 6.07) is 6.33. The number of alkyl halides is 1. The Hall–Kier alpha value is -0.210. The van der Waals surface area contributed by atoms with E-state index in [4.69, 9.17) is 16.3 Å². The molecule has 0 aliphatic heterocycles. The molecule has 0 bridgehead atoms. The van der Waals surface area contributed by atoms with Crippen molar-refractivity contribution in [1.29, 1.82) is 0 Å². The predicted molar refractivity (Wildman–Crippen MR) is 76.0 cm³/mol. The largest absolute Gasteiger partial charge is 0.496 e. The van der Waals surface area contributed by atoms with Gasteiger partial charge in [0.05, 0.1) is 11.6 Å². The molecule has 1 nitrogen and oxygen atoms in total. The molecule has 1 saturated carbocycles. The third-order valence-electron chi connectivity index (χ3n) is 3.74. The van der Waals surface area contributed by atoms with Crippen molar-refractivity contribution in [2.45, 2.75) is 32.1 Å². The minimum Gasteiger partial charge on any atom is -0.496 e. The zero-order valence-corrected chi connectivity index (χ0v) is 12.5. The van der Waals surface area contributed by atoms with Gasteiger partial charge in [0.15, 0.2) is 0 Å². The van der Waals surface area contributed by atoms with Gasteiger partial charge < -0.3 is 4.74 Å². The van der Waals surface area contributed by atoms with Crippen LogP contribution in [0.25, 0.3) is 0 Å². The summed E-state index contributed by atoms with van der Waals surface area (Å²) in [5.41, 5.74) is 1.68. The Labute approximate surface area is 117 Å². The first-order valence-electron chi connectivity index (χ1n) is 6.07. The molecule has 0 aromatic heterocycles. The van der Waals surface area contributed by atoms with Crippen LogP contribution >= 0.6 is 27.5 Å². The van der Waals surface area contributed by atoms with Crippen molar-refractivity contribution in [1.82, 2.24) is 0 Å². The molecule has 1 aliphatic carbocycles. The molecule has 1 aromatic carbocycles. The van der Waals surface area contributed by atoms with E-state index in [1.165, 1.54) is 31.2 Å². The first kappa shape index (κ1) is 13.2. The quantitative estimate of drug-likeness (QED) is 0.725. The molecule has 2 rings (SSSR count). The van der Waals surface area contributed by atoms with E-state index in [9.17, 15) is 0 Å². The Balaban J connectivity index is 2.15. The molecule has 0 atom stereocenters. The molecule has 1 fully saturated rings. The number of ether oxygens (including phenoxy) is 1. The van der Waals surface area contributed by atoms with Crippen molar-refractivity contribution in [2.75, 3.05) is 13.0 Å². The lowest BCUT2D eigenvalue weighted by molar-refractivity contribution is 0.340. The normalized spacial score (nSPS) is 18.3. The van der Waals surface area contributed by atoms with E-state index >= 15 is 0 Å². The Morgan fingerprint density at radius 2 is 2.06 bits per heavy atom. The Morgan fingerprint density at radius 1 is 1.35 bits per heavy atom. The zero-order valence-electron chi connectivity index (χ0n) is 10.1. The topological polar surface area (TPSA) is 9.23 Å². The number of rotatable bonds is 4. The van der Waals surface area contributed by atoms with Gasteiger partial charge in [-0.05, 0) is 58.3 Å². The van der Waals surface area contributed by atoms with Gasteiger partial charge in [-0.3, -0.25) is 0 Å². The minimum absolute atomic E-state index is 0.329. The van der Waals surface area contributed by atoms with Crippen LogP contribution in [0.15, 0.2) is 22.7 Å². The van der Waals surface area contributed by atoms with Crippen molar-refractivity contribution < 1.29 is 4.74 Å². The van der Waals surface area contributed by atoms with Crippen molar-refractivity contribution >= 4 is 27.5 Å². The van der Waals surface area contributed by atoms with E-state index in [1.807, 2.05) is 6.07 Å². The van der Waals surface area contributed by atoms with Crippen molar-refractivity contribution in [3.05, 3.63) is 28.2 Å². The van der Waals surface area contributed by atoms with Crippen LogP contribution in [0.2, 0.25) is 0 Å². The van der Waals surface area contributed by atoms with Crippen molar-refractivity contribution in [3.8, 4) is 5.75 Å². The smallest absolute Gasteiger partial charge is 0.133 e. The minimum atomic E-state index is 0.329. The average molecular weight is 318 g/mol. The van der Waals surface area contributed by atoms with Crippen LogP contribution in [0, 0.1) is 5.41 Å². The summed E-state index contributed by atoms with van der Waals surface area (Å²) in [5.74, 6) is 1.66. The Morgan fingerprint density at radius 3 is 2.59 bits per heavy atom. The standard InChI is InChI=1S/C14H18BrClO/c1-17-13-5-4-11(8-12(13)15)9-14(10-16)6-2-3-7-14/h4-5,8H,2-3,6-7,9-10H2,1H3. The number of methoxy groups -OCH3 is 1. The van der Waals surface area contributed by atoms with Gasteiger partial charge in [-0.2, -0.15) is 0 Å². The second-order valence-electron chi connectivity index (χ2n) is 4.99. The van der Waals surface area contributed by atoms with Gasteiger partial charge in [0.2, 0.25) is 0 Å². The predicted octanol–water partition coefficient (Wildman–Crippen LogP) is 4.80. The van der Waals surface area contributed by atoms with E-state index in [2.05, 4.69) is 28.1 Å². The highest BCUT2D eigenvalue weighted by Crippen LogP contribution is 2.42. The van der Waals surface area contributed by atoms with Crippen LogP contribution in [-0.4, -0.2) is 13.0 Å². The maximum absolute atomic E-state index is 6.18. The second-order valence-corrected chi connectivity index (χ2v) is 6.11. The van der Waals surface area contributed by atoms with Crippen LogP contribution in [-0.2, 0) is 6.42 Å². The monoisotopic (exact) mass is 316 g/mol. The molecule has 94 valence electrons. The maximum Gasteiger partial charge on any atom is 0.133 e. The lowest BCUT2D eigenvalue weighted by Crippen LogP contribution is -2.21. The van der Waals surface area contributed by atoms with Crippen LogP contribution in [0.3, 0.4) is 0 Å². The number of hydrogen-bond donors (Lipinski definition) is 0. The summed E-state index contributed by atoms with van der Waals surface area (Å²) in [7, 11) is 1.69. The van der Waals surface area contributed by atoms with Crippen LogP contribution in [0.5, 0.6) is 5.75 Å². The molecule has 0 N–H and O–H groups in total. The van der Waals surface area contributed by atoms with E-state index in [1.54, 1.807) is 7.11 Å². The number of hydrogen-bond acceptors (Lipinski definition) is 1. The molecule has 0 spiro atoms. The first-order chi connectivity index (χ1) is 8.19. The molecule has 0 heterocycles. The summed E-state index contributed by atoms with van der Waals surface area (Å²) < 4.78 is 6.28.